The van der Waals surface area contributed by atoms with E-state index in [0.29, 0.717) is 18.2 Å². The maximum Gasteiger partial charge on any atom is 0.225 e. The SMILES string of the molecule is O=C(C1CCCC1)N1CCN(CC(O)COc2ccc(F)cc2)CC1. The lowest BCUT2D eigenvalue weighted by molar-refractivity contribution is -0.137. The summed E-state index contributed by atoms with van der Waals surface area (Å²) in [4.78, 5) is 16.6. The molecule has 25 heavy (non-hydrogen) atoms. The molecule has 1 aliphatic carbocycles. The molecule has 1 saturated carbocycles. The Morgan fingerprint density at radius 2 is 1.80 bits per heavy atom. The van der Waals surface area contributed by atoms with Crippen molar-refractivity contribution >= 4 is 5.91 Å². The van der Waals surface area contributed by atoms with E-state index < -0.39 is 6.10 Å². The van der Waals surface area contributed by atoms with Crippen molar-refractivity contribution in [3.05, 3.63) is 30.1 Å². The molecule has 1 amide bonds. The van der Waals surface area contributed by atoms with Crippen LogP contribution in [0.2, 0.25) is 0 Å². The highest BCUT2D eigenvalue weighted by atomic mass is 19.1. The first-order valence-electron chi connectivity index (χ1n) is 9.19. The van der Waals surface area contributed by atoms with E-state index in [1.165, 1.54) is 25.0 Å². The van der Waals surface area contributed by atoms with Gasteiger partial charge in [-0.05, 0) is 37.1 Å². The molecule has 1 atom stereocenters. The summed E-state index contributed by atoms with van der Waals surface area (Å²) in [5.74, 6) is 0.795. The quantitative estimate of drug-likeness (QED) is 0.851. The molecule has 1 saturated heterocycles. The number of aliphatic hydroxyl groups excluding tert-OH is 1. The number of benzene rings is 1. The molecule has 138 valence electrons. The summed E-state index contributed by atoms with van der Waals surface area (Å²) < 4.78 is 18.3. The first-order valence-corrected chi connectivity index (χ1v) is 9.19. The Hall–Kier alpha value is -1.66. The third-order valence-electron chi connectivity index (χ3n) is 5.11. The van der Waals surface area contributed by atoms with Crippen molar-refractivity contribution in [3.63, 3.8) is 0 Å². The van der Waals surface area contributed by atoms with E-state index in [1.54, 1.807) is 12.1 Å². The normalized spacial score (nSPS) is 20.6. The number of aliphatic hydroxyl groups is 1. The van der Waals surface area contributed by atoms with Crippen LogP contribution >= 0.6 is 0 Å². The fourth-order valence-corrected chi connectivity index (χ4v) is 3.66. The van der Waals surface area contributed by atoms with Gasteiger partial charge in [0, 0.05) is 38.6 Å². The van der Waals surface area contributed by atoms with Gasteiger partial charge in [-0.2, -0.15) is 0 Å². The number of nitrogens with zero attached hydrogens (tertiary/aromatic N) is 2. The summed E-state index contributed by atoms with van der Waals surface area (Å²) in [6, 6.07) is 5.77. The van der Waals surface area contributed by atoms with Crippen LogP contribution in [-0.2, 0) is 4.79 Å². The van der Waals surface area contributed by atoms with Gasteiger partial charge in [0.1, 0.15) is 24.3 Å². The van der Waals surface area contributed by atoms with Crippen molar-refractivity contribution in [1.29, 1.82) is 0 Å². The molecular formula is C19H27FN2O3. The summed E-state index contributed by atoms with van der Waals surface area (Å²) in [6.07, 6.45) is 3.83. The summed E-state index contributed by atoms with van der Waals surface area (Å²) in [7, 11) is 0. The molecule has 6 heteroatoms. The lowest BCUT2D eigenvalue weighted by Crippen LogP contribution is -2.52. The van der Waals surface area contributed by atoms with Gasteiger partial charge in [0.25, 0.3) is 0 Å². The molecule has 1 aliphatic heterocycles. The van der Waals surface area contributed by atoms with E-state index in [4.69, 9.17) is 4.74 Å². The Morgan fingerprint density at radius 3 is 2.44 bits per heavy atom. The second-order valence-electron chi connectivity index (χ2n) is 7.03. The van der Waals surface area contributed by atoms with Gasteiger partial charge in [0.05, 0.1) is 0 Å². The third-order valence-corrected chi connectivity index (χ3v) is 5.11. The molecule has 2 aliphatic rings. The molecule has 0 radical (unpaired) electrons. The average molecular weight is 350 g/mol. The predicted molar refractivity (Wildman–Crippen MR) is 92.9 cm³/mol. The summed E-state index contributed by atoms with van der Waals surface area (Å²) >= 11 is 0. The number of piperazine rings is 1. The van der Waals surface area contributed by atoms with Gasteiger partial charge >= 0.3 is 0 Å². The Kier molecular flexibility index (Phi) is 6.26. The van der Waals surface area contributed by atoms with E-state index >= 15 is 0 Å². The molecule has 3 rings (SSSR count). The van der Waals surface area contributed by atoms with Crippen molar-refractivity contribution in [2.45, 2.75) is 31.8 Å². The van der Waals surface area contributed by atoms with Crippen LogP contribution in [0.15, 0.2) is 24.3 Å². The Bertz CT molecular complexity index is 552. The van der Waals surface area contributed by atoms with E-state index in [9.17, 15) is 14.3 Å². The molecular weight excluding hydrogens is 323 g/mol. The van der Waals surface area contributed by atoms with E-state index in [-0.39, 0.29) is 18.3 Å². The molecule has 1 aromatic rings. The van der Waals surface area contributed by atoms with E-state index in [2.05, 4.69) is 4.90 Å². The number of carbonyl (C=O) groups excluding carboxylic acids is 1. The average Bonchev–Trinajstić information content (AvgIpc) is 3.16. The molecule has 2 fully saturated rings. The largest absolute Gasteiger partial charge is 0.491 e. The lowest BCUT2D eigenvalue weighted by atomic mass is 10.1. The fraction of sp³-hybridized carbons (Fsp3) is 0.632. The molecule has 1 aromatic carbocycles. The van der Waals surface area contributed by atoms with Gasteiger partial charge in [-0.3, -0.25) is 9.69 Å². The minimum Gasteiger partial charge on any atom is -0.491 e. The molecule has 1 unspecified atom stereocenters. The van der Waals surface area contributed by atoms with Crippen molar-refractivity contribution in [1.82, 2.24) is 9.80 Å². The van der Waals surface area contributed by atoms with Crippen LogP contribution in [0.25, 0.3) is 0 Å². The zero-order chi connectivity index (χ0) is 17.6. The standard InChI is InChI=1S/C19H27FN2O3/c20-16-5-7-18(8-6-16)25-14-17(23)13-21-9-11-22(12-10-21)19(24)15-3-1-2-4-15/h5-8,15,17,23H,1-4,9-14H2. The van der Waals surface area contributed by atoms with Gasteiger partial charge in [-0.25, -0.2) is 4.39 Å². The molecule has 5 nitrogen and oxygen atoms in total. The van der Waals surface area contributed by atoms with Crippen molar-refractivity contribution < 1.29 is 19.0 Å². The molecule has 0 spiro atoms. The maximum absolute atomic E-state index is 12.8. The summed E-state index contributed by atoms with van der Waals surface area (Å²) in [5.41, 5.74) is 0. The molecule has 0 bridgehead atoms. The second kappa shape index (κ2) is 8.63. The Labute approximate surface area is 148 Å². The van der Waals surface area contributed by atoms with Gasteiger partial charge in [0.15, 0.2) is 0 Å². The van der Waals surface area contributed by atoms with Crippen LogP contribution < -0.4 is 4.74 Å². The van der Waals surface area contributed by atoms with Gasteiger partial charge < -0.3 is 14.7 Å². The van der Waals surface area contributed by atoms with E-state index in [0.717, 1.165) is 39.0 Å². The van der Waals surface area contributed by atoms with Crippen molar-refractivity contribution in [3.8, 4) is 5.75 Å². The lowest BCUT2D eigenvalue weighted by Gasteiger charge is -2.36. The number of hydrogen-bond donors (Lipinski definition) is 1. The zero-order valence-electron chi connectivity index (χ0n) is 14.6. The Balaban J connectivity index is 1.36. The first-order chi connectivity index (χ1) is 12.1. The predicted octanol–water partition coefficient (Wildman–Crippen LogP) is 1.90. The minimum absolute atomic E-state index is 0.173. The number of halogens is 1. The first kappa shape index (κ1) is 18.1. The number of carbonyl (C=O) groups is 1. The van der Waals surface area contributed by atoms with Crippen LogP contribution in [0.1, 0.15) is 25.7 Å². The van der Waals surface area contributed by atoms with Crippen LogP contribution in [-0.4, -0.2) is 66.2 Å². The monoisotopic (exact) mass is 350 g/mol. The number of ether oxygens (including phenoxy) is 1. The van der Waals surface area contributed by atoms with E-state index in [1.807, 2.05) is 4.90 Å². The topological polar surface area (TPSA) is 53.0 Å². The highest BCUT2D eigenvalue weighted by Crippen LogP contribution is 2.26. The van der Waals surface area contributed by atoms with Crippen LogP contribution in [0, 0.1) is 11.7 Å². The number of amides is 1. The van der Waals surface area contributed by atoms with Crippen LogP contribution in [0.4, 0.5) is 4.39 Å². The Morgan fingerprint density at radius 1 is 1.16 bits per heavy atom. The minimum atomic E-state index is -0.609. The number of β-amino-alcohol motifs (C(OH)–C–C–N with tert-alkyl or cyclic N) is 1. The molecule has 1 N–H and O–H groups in total. The highest BCUT2D eigenvalue weighted by molar-refractivity contribution is 5.79. The zero-order valence-corrected chi connectivity index (χ0v) is 14.6. The number of hydrogen-bond acceptors (Lipinski definition) is 4. The smallest absolute Gasteiger partial charge is 0.225 e. The molecule has 1 heterocycles. The third kappa shape index (κ3) is 5.16. The highest BCUT2D eigenvalue weighted by Gasteiger charge is 2.29. The second-order valence-corrected chi connectivity index (χ2v) is 7.03. The summed E-state index contributed by atoms with van der Waals surface area (Å²) in [5, 5.41) is 10.1. The van der Waals surface area contributed by atoms with Crippen molar-refractivity contribution in [2.75, 3.05) is 39.3 Å². The molecule has 0 aromatic heterocycles. The van der Waals surface area contributed by atoms with Crippen LogP contribution in [0.5, 0.6) is 5.75 Å². The maximum atomic E-state index is 12.8. The van der Waals surface area contributed by atoms with Crippen LogP contribution in [0.3, 0.4) is 0 Å². The summed E-state index contributed by atoms with van der Waals surface area (Å²) in [6.45, 7) is 3.74. The van der Waals surface area contributed by atoms with Gasteiger partial charge in [0.2, 0.25) is 5.91 Å². The van der Waals surface area contributed by atoms with Gasteiger partial charge in [-0.15, -0.1) is 0 Å². The number of rotatable bonds is 6. The fourth-order valence-electron chi connectivity index (χ4n) is 3.66. The van der Waals surface area contributed by atoms with Gasteiger partial charge in [-0.1, -0.05) is 12.8 Å². The van der Waals surface area contributed by atoms with Crippen molar-refractivity contribution in [2.24, 2.45) is 5.92 Å².